The maximum Gasteiger partial charge on any atom is 0.573 e. The Morgan fingerprint density at radius 3 is 2.43 bits per heavy atom. The highest BCUT2D eigenvalue weighted by atomic mass is 35.5. The predicted molar refractivity (Wildman–Crippen MR) is 123 cm³/mol. The Labute approximate surface area is 202 Å². The van der Waals surface area contributed by atoms with Crippen molar-refractivity contribution in [3.8, 4) is 5.75 Å². The van der Waals surface area contributed by atoms with Gasteiger partial charge >= 0.3 is 17.5 Å². The number of rotatable bonds is 3. The zero-order valence-corrected chi connectivity index (χ0v) is 19.9. The number of fused-ring (bicyclic) bond motifs is 1. The van der Waals surface area contributed by atoms with Gasteiger partial charge in [0.05, 0.1) is 10.5 Å². The summed E-state index contributed by atoms with van der Waals surface area (Å²) < 4.78 is 43.6. The van der Waals surface area contributed by atoms with E-state index in [-0.39, 0.29) is 24.6 Å². The Morgan fingerprint density at radius 1 is 1.17 bits per heavy atom. The molecule has 0 radical (unpaired) electrons. The molecule has 0 spiro atoms. The number of hydrogen-bond donors (Lipinski definition) is 0. The summed E-state index contributed by atoms with van der Waals surface area (Å²) >= 11 is 6.06. The number of ether oxygens (including phenoxy) is 1. The van der Waals surface area contributed by atoms with E-state index in [0.717, 1.165) is 12.1 Å². The largest absolute Gasteiger partial charge is 0.573 e. The lowest BCUT2D eigenvalue weighted by Gasteiger charge is -2.45. The second-order valence-electron chi connectivity index (χ2n) is 9.13. The molecule has 3 heterocycles. The maximum absolute atomic E-state index is 13.1. The molecular formula is C23H22ClF3N4O4. The van der Waals surface area contributed by atoms with Crippen molar-refractivity contribution in [3.05, 3.63) is 67.8 Å². The Morgan fingerprint density at radius 2 is 1.83 bits per heavy atom. The summed E-state index contributed by atoms with van der Waals surface area (Å²) in [6.07, 6.45) is -3.05. The Balaban J connectivity index is 1.63. The third-order valence-electron chi connectivity index (χ3n) is 6.22. The van der Waals surface area contributed by atoms with E-state index < -0.39 is 34.7 Å². The molecule has 0 bridgehead atoms. The highest BCUT2D eigenvalue weighted by Gasteiger charge is 2.40. The van der Waals surface area contributed by atoms with Crippen LogP contribution in [0.2, 0.25) is 5.02 Å². The van der Waals surface area contributed by atoms with Gasteiger partial charge < -0.3 is 14.2 Å². The topological polar surface area (TPSA) is 86.4 Å². The fourth-order valence-corrected chi connectivity index (χ4v) is 4.73. The first-order valence-corrected chi connectivity index (χ1v) is 11.1. The SMILES string of the molecule is Cn1c(=O)c(=O)n(C2CCN(C(=O)c3ccc(OC(F)(F)F)cc3)CC2(C)C)c2ncc(Cl)cc21. The minimum atomic E-state index is -4.82. The van der Waals surface area contributed by atoms with Crippen LogP contribution in [0.1, 0.15) is 36.7 Å². The molecule has 1 aliphatic rings. The van der Waals surface area contributed by atoms with Gasteiger partial charge in [-0.15, -0.1) is 13.2 Å². The fraction of sp³-hybridized carbons (Fsp3) is 0.391. The third kappa shape index (κ3) is 4.77. The van der Waals surface area contributed by atoms with Gasteiger partial charge in [0.2, 0.25) is 0 Å². The first-order valence-electron chi connectivity index (χ1n) is 10.7. The monoisotopic (exact) mass is 510 g/mol. The maximum atomic E-state index is 13.1. The van der Waals surface area contributed by atoms with Crippen molar-refractivity contribution in [2.45, 2.75) is 32.7 Å². The Bertz CT molecular complexity index is 1410. The average Bonchev–Trinajstić information content (AvgIpc) is 2.77. The number of pyridine rings is 1. The standard InChI is InChI=1S/C23H22ClF3N4O4/c1-22(2)12-30(19(32)13-4-6-15(7-5-13)35-23(25,26)27)9-8-17(22)31-18-16(10-14(24)11-28-18)29(3)20(33)21(31)34/h4-7,10-11,17H,8-9,12H2,1-3H3. The molecule has 0 saturated carbocycles. The lowest BCUT2D eigenvalue weighted by atomic mass is 9.78. The number of alkyl halides is 3. The molecule has 35 heavy (non-hydrogen) atoms. The summed E-state index contributed by atoms with van der Waals surface area (Å²) in [6.45, 7) is 4.27. The number of nitrogens with zero attached hydrogens (tertiary/aromatic N) is 4. The van der Waals surface area contributed by atoms with Crippen molar-refractivity contribution in [2.24, 2.45) is 12.5 Å². The summed E-state index contributed by atoms with van der Waals surface area (Å²) in [7, 11) is 1.48. The van der Waals surface area contributed by atoms with Crippen LogP contribution in [-0.4, -0.2) is 44.4 Å². The van der Waals surface area contributed by atoms with Crippen LogP contribution in [0.3, 0.4) is 0 Å². The Kier molecular flexibility index (Phi) is 6.16. The molecule has 3 aromatic rings. The van der Waals surface area contributed by atoms with E-state index in [1.807, 2.05) is 13.8 Å². The molecule has 8 nitrogen and oxygen atoms in total. The van der Waals surface area contributed by atoms with Gasteiger partial charge in [-0.1, -0.05) is 25.4 Å². The third-order valence-corrected chi connectivity index (χ3v) is 6.42. The Hall–Kier alpha value is -3.34. The molecule has 1 aliphatic heterocycles. The smallest absolute Gasteiger partial charge is 0.406 e. The van der Waals surface area contributed by atoms with Gasteiger partial charge in [-0.05, 0) is 36.8 Å². The van der Waals surface area contributed by atoms with Gasteiger partial charge in [0.1, 0.15) is 5.75 Å². The van der Waals surface area contributed by atoms with E-state index in [0.29, 0.717) is 22.6 Å². The minimum Gasteiger partial charge on any atom is -0.406 e. The van der Waals surface area contributed by atoms with Crippen LogP contribution in [0.25, 0.3) is 11.2 Å². The van der Waals surface area contributed by atoms with Gasteiger partial charge in [0.15, 0.2) is 5.65 Å². The van der Waals surface area contributed by atoms with Crippen LogP contribution >= 0.6 is 11.6 Å². The molecule has 1 amide bonds. The van der Waals surface area contributed by atoms with Crippen molar-refractivity contribution in [1.29, 1.82) is 0 Å². The molecule has 0 aliphatic carbocycles. The van der Waals surface area contributed by atoms with Crippen LogP contribution in [-0.2, 0) is 7.05 Å². The van der Waals surface area contributed by atoms with Gasteiger partial charge in [0.25, 0.3) is 5.91 Å². The number of hydrogen-bond acceptors (Lipinski definition) is 5. The number of aromatic nitrogens is 3. The van der Waals surface area contributed by atoms with Gasteiger partial charge in [-0.3, -0.25) is 19.0 Å². The molecular weight excluding hydrogens is 489 g/mol. The van der Waals surface area contributed by atoms with Crippen LogP contribution in [0.5, 0.6) is 5.75 Å². The van der Waals surface area contributed by atoms with E-state index in [9.17, 15) is 27.6 Å². The number of aryl methyl sites for hydroxylation is 1. The van der Waals surface area contributed by atoms with Crippen LogP contribution < -0.4 is 15.9 Å². The van der Waals surface area contributed by atoms with E-state index in [2.05, 4.69) is 9.72 Å². The molecule has 0 N–H and O–H groups in total. The van der Waals surface area contributed by atoms with Crippen molar-refractivity contribution >= 4 is 28.7 Å². The number of amides is 1. The van der Waals surface area contributed by atoms with Crippen molar-refractivity contribution < 1.29 is 22.7 Å². The molecule has 1 aromatic carbocycles. The highest BCUT2D eigenvalue weighted by molar-refractivity contribution is 6.31. The molecule has 1 fully saturated rings. The fourth-order valence-electron chi connectivity index (χ4n) is 4.57. The number of piperidine rings is 1. The molecule has 1 unspecified atom stereocenters. The first kappa shape index (κ1) is 24.8. The molecule has 4 rings (SSSR count). The van der Waals surface area contributed by atoms with E-state index in [4.69, 9.17) is 11.6 Å². The zero-order valence-electron chi connectivity index (χ0n) is 19.1. The van der Waals surface area contributed by atoms with E-state index in [1.54, 1.807) is 11.0 Å². The summed E-state index contributed by atoms with van der Waals surface area (Å²) in [5.41, 5.74) is -1.12. The van der Waals surface area contributed by atoms with Gasteiger partial charge in [-0.25, -0.2) is 4.98 Å². The second-order valence-corrected chi connectivity index (χ2v) is 9.56. The molecule has 1 atom stereocenters. The number of carbonyl (C=O) groups excluding carboxylic acids is 1. The minimum absolute atomic E-state index is 0.210. The van der Waals surface area contributed by atoms with Crippen molar-refractivity contribution in [1.82, 2.24) is 19.0 Å². The van der Waals surface area contributed by atoms with Crippen LogP contribution in [0.15, 0.2) is 46.1 Å². The lowest BCUT2D eigenvalue weighted by Crippen LogP contribution is -2.53. The number of likely N-dealkylation sites (tertiary alicyclic amines) is 1. The molecule has 1 saturated heterocycles. The van der Waals surface area contributed by atoms with Crippen molar-refractivity contribution in [2.75, 3.05) is 13.1 Å². The number of carbonyl (C=O) groups is 1. The quantitative estimate of drug-likeness (QED) is 0.501. The first-order chi connectivity index (χ1) is 16.3. The summed E-state index contributed by atoms with van der Waals surface area (Å²) in [5, 5.41) is 0.323. The number of benzene rings is 1. The summed E-state index contributed by atoms with van der Waals surface area (Å²) in [5.74, 6) is -0.779. The van der Waals surface area contributed by atoms with E-state index in [1.165, 1.54) is 34.5 Å². The molecule has 186 valence electrons. The highest BCUT2D eigenvalue weighted by Crippen LogP contribution is 2.39. The predicted octanol–water partition coefficient (Wildman–Crippen LogP) is 3.76. The number of halogens is 4. The molecule has 2 aromatic heterocycles. The summed E-state index contributed by atoms with van der Waals surface area (Å²) in [4.78, 5) is 44.6. The van der Waals surface area contributed by atoms with Gasteiger partial charge in [0, 0.05) is 43.4 Å². The van der Waals surface area contributed by atoms with Crippen molar-refractivity contribution in [3.63, 3.8) is 0 Å². The van der Waals surface area contributed by atoms with Crippen LogP contribution in [0.4, 0.5) is 13.2 Å². The second kappa shape index (κ2) is 8.71. The average molecular weight is 511 g/mol. The molecule has 12 heteroatoms. The summed E-state index contributed by atoms with van der Waals surface area (Å²) in [6, 6.07) is 5.84. The normalized spacial score (nSPS) is 18.0. The van der Waals surface area contributed by atoms with E-state index >= 15 is 0 Å². The lowest BCUT2D eigenvalue weighted by molar-refractivity contribution is -0.274. The van der Waals surface area contributed by atoms with Crippen LogP contribution in [0, 0.1) is 5.41 Å². The zero-order chi connectivity index (χ0) is 25.7. The van der Waals surface area contributed by atoms with Gasteiger partial charge in [-0.2, -0.15) is 0 Å².